The number of hydrogen-bond acceptors (Lipinski definition) is 7. The highest BCUT2D eigenvalue weighted by molar-refractivity contribution is 5.96. The number of nitrogens with two attached hydrogens (primary N) is 1. The van der Waals surface area contributed by atoms with E-state index in [0.717, 1.165) is 43.1 Å². The molecule has 0 unspecified atom stereocenters. The van der Waals surface area contributed by atoms with E-state index < -0.39 is 5.91 Å². The van der Waals surface area contributed by atoms with Gasteiger partial charge in [0.1, 0.15) is 5.82 Å². The van der Waals surface area contributed by atoms with Gasteiger partial charge in [-0.2, -0.15) is 0 Å². The molecule has 8 nitrogen and oxygen atoms in total. The molecule has 2 heterocycles. The first-order valence-corrected chi connectivity index (χ1v) is 10.4. The van der Waals surface area contributed by atoms with Gasteiger partial charge in [0.2, 0.25) is 0 Å². The molecule has 1 saturated heterocycles. The predicted molar refractivity (Wildman–Crippen MR) is 122 cm³/mol. The van der Waals surface area contributed by atoms with Crippen LogP contribution in [0.25, 0.3) is 0 Å². The normalized spacial score (nSPS) is 13.6. The molecular formula is C23H25FN6O2. The van der Waals surface area contributed by atoms with Crippen molar-refractivity contribution in [3.05, 3.63) is 71.2 Å². The second kappa shape index (κ2) is 9.61. The number of primary amides is 1. The van der Waals surface area contributed by atoms with Crippen molar-refractivity contribution < 1.29 is 13.9 Å². The largest absolute Gasteiger partial charge is 0.379 e. The first-order chi connectivity index (χ1) is 15.5. The minimum Gasteiger partial charge on any atom is -0.379 e. The smallest absolute Gasteiger partial charge is 0.271 e. The summed E-state index contributed by atoms with van der Waals surface area (Å²) in [4.78, 5) is 14.1. The van der Waals surface area contributed by atoms with Gasteiger partial charge in [-0.3, -0.25) is 4.79 Å². The number of morpholine rings is 1. The summed E-state index contributed by atoms with van der Waals surface area (Å²) in [5.41, 5.74) is 9.75. The van der Waals surface area contributed by atoms with Crippen molar-refractivity contribution in [1.82, 2.24) is 10.2 Å². The minimum atomic E-state index is -0.698. The van der Waals surface area contributed by atoms with E-state index in [4.69, 9.17) is 10.5 Å². The summed E-state index contributed by atoms with van der Waals surface area (Å²) < 4.78 is 18.9. The zero-order valence-corrected chi connectivity index (χ0v) is 17.8. The lowest BCUT2D eigenvalue weighted by Crippen LogP contribution is -2.36. The second-order valence-corrected chi connectivity index (χ2v) is 7.57. The predicted octanol–water partition coefficient (Wildman–Crippen LogP) is 3.22. The number of rotatable bonds is 7. The number of aromatic nitrogens is 2. The Kier molecular flexibility index (Phi) is 6.46. The molecule has 0 aliphatic carbocycles. The van der Waals surface area contributed by atoms with Crippen molar-refractivity contribution in [2.75, 3.05) is 41.8 Å². The van der Waals surface area contributed by atoms with Gasteiger partial charge in [-0.15, -0.1) is 10.2 Å². The molecular weight excluding hydrogens is 411 g/mol. The van der Waals surface area contributed by atoms with Crippen LogP contribution in [0, 0.1) is 12.7 Å². The molecule has 0 radical (unpaired) electrons. The molecule has 0 bridgehead atoms. The van der Waals surface area contributed by atoms with Crippen molar-refractivity contribution in [1.29, 1.82) is 0 Å². The zero-order chi connectivity index (χ0) is 22.5. The summed E-state index contributed by atoms with van der Waals surface area (Å²) in [6.07, 6.45) is 0. The molecule has 1 aliphatic heterocycles. The molecule has 0 saturated carbocycles. The Labute approximate surface area is 185 Å². The molecule has 0 spiro atoms. The number of aryl methyl sites for hydroxylation is 1. The minimum absolute atomic E-state index is 0.0193. The van der Waals surface area contributed by atoms with Crippen LogP contribution in [0.15, 0.2) is 48.5 Å². The third kappa shape index (κ3) is 5.12. The number of anilines is 4. The molecule has 4 N–H and O–H groups in total. The van der Waals surface area contributed by atoms with E-state index in [9.17, 15) is 9.18 Å². The molecule has 1 amide bonds. The Balaban J connectivity index is 1.51. The highest BCUT2D eigenvalue weighted by atomic mass is 19.1. The summed E-state index contributed by atoms with van der Waals surface area (Å²) in [6.45, 7) is 5.56. The summed E-state index contributed by atoms with van der Waals surface area (Å²) in [6, 6.07) is 13.9. The summed E-state index contributed by atoms with van der Waals surface area (Å²) >= 11 is 0. The Bertz CT molecular complexity index is 1120. The van der Waals surface area contributed by atoms with Gasteiger partial charge < -0.3 is 26.0 Å². The fourth-order valence-corrected chi connectivity index (χ4v) is 3.65. The summed E-state index contributed by atoms with van der Waals surface area (Å²) in [7, 11) is 0. The van der Waals surface area contributed by atoms with Gasteiger partial charge in [-0.1, -0.05) is 12.1 Å². The van der Waals surface area contributed by atoms with Gasteiger partial charge >= 0.3 is 0 Å². The molecule has 0 atom stereocenters. The Morgan fingerprint density at radius 3 is 2.69 bits per heavy atom. The molecule has 3 aromatic rings. The molecule has 32 heavy (non-hydrogen) atoms. The number of benzene rings is 2. The van der Waals surface area contributed by atoms with Crippen LogP contribution in [0.1, 0.15) is 21.6 Å². The molecule has 166 valence electrons. The maximum atomic E-state index is 13.4. The zero-order valence-electron chi connectivity index (χ0n) is 17.8. The first-order valence-electron chi connectivity index (χ1n) is 10.4. The van der Waals surface area contributed by atoms with Crippen LogP contribution in [0.5, 0.6) is 0 Å². The Morgan fingerprint density at radius 1 is 1.16 bits per heavy atom. The summed E-state index contributed by atoms with van der Waals surface area (Å²) in [5, 5.41) is 14.4. The van der Waals surface area contributed by atoms with Crippen LogP contribution >= 0.6 is 0 Å². The lowest BCUT2D eigenvalue weighted by molar-refractivity contribution is 0.0995. The molecule has 1 aliphatic rings. The van der Waals surface area contributed by atoms with E-state index in [0.29, 0.717) is 18.1 Å². The van der Waals surface area contributed by atoms with E-state index in [1.807, 2.05) is 12.1 Å². The van der Waals surface area contributed by atoms with E-state index in [-0.39, 0.29) is 11.5 Å². The van der Waals surface area contributed by atoms with Crippen LogP contribution in [-0.2, 0) is 11.3 Å². The maximum absolute atomic E-state index is 13.4. The second-order valence-electron chi connectivity index (χ2n) is 7.57. The number of nitrogens with zero attached hydrogens (tertiary/aromatic N) is 3. The maximum Gasteiger partial charge on any atom is 0.271 e. The topological polar surface area (TPSA) is 105 Å². The van der Waals surface area contributed by atoms with E-state index >= 15 is 0 Å². The van der Waals surface area contributed by atoms with Gasteiger partial charge in [0.15, 0.2) is 11.5 Å². The Hall–Kier alpha value is -3.72. The van der Waals surface area contributed by atoms with Crippen LogP contribution in [-0.4, -0.2) is 42.4 Å². The lowest BCUT2D eigenvalue weighted by Gasteiger charge is -2.30. The highest BCUT2D eigenvalue weighted by Crippen LogP contribution is 2.27. The quantitative estimate of drug-likeness (QED) is 0.522. The number of carbonyl (C=O) groups excluding carboxylic acids is 1. The van der Waals surface area contributed by atoms with Crippen molar-refractivity contribution in [2.24, 2.45) is 5.73 Å². The van der Waals surface area contributed by atoms with Gasteiger partial charge in [-0.25, -0.2) is 4.39 Å². The van der Waals surface area contributed by atoms with Crippen LogP contribution in [0.3, 0.4) is 0 Å². The van der Waals surface area contributed by atoms with Crippen molar-refractivity contribution in [3.8, 4) is 0 Å². The van der Waals surface area contributed by atoms with Gasteiger partial charge in [0, 0.05) is 37.1 Å². The number of halogens is 1. The molecule has 4 rings (SSSR count). The average molecular weight is 436 g/mol. The number of hydrogen-bond donors (Lipinski definition) is 3. The lowest BCUT2D eigenvalue weighted by atomic mass is 10.1. The van der Waals surface area contributed by atoms with E-state index in [2.05, 4.69) is 38.7 Å². The monoisotopic (exact) mass is 436 g/mol. The molecule has 1 aromatic heterocycles. The van der Waals surface area contributed by atoms with Crippen molar-refractivity contribution >= 4 is 28.8 Å². The number of ether oxygens (including phenoxy) is 1. The first kappa shape index (κ1) is 21.5. The highest BCUT2D eigenvalue weighted by Gasteiger charge is 2.15. The number of carbonyl (C=O) groups is 1. The van der Waals surface area contributed by atoms with E-state index in [1.54, 1.807) is 18.2 Å². The average Bonchev–Trinajstić information content (AvgIpc) is 2.78. The standard InChI is InChI=1S/C23H25FN6O2/c1-15-11-18(5-6-20(15)30-7-9-32-10-8-30)27-21-13-19(22(23(25)31)29-28-21)26-14-16-3-2-4-17(24)12-16/h2-6,11-13H,7-10,14H2,1H3,(H2,25,31)(H2,26,27,28). The van der Waals surface area contributed by atoms with Gasteiger partial charge in [0.25, 0.3) is 5.91 Å². The van der Waals surface area contributed by atoms with Crippen molar-refractivity contribution in [3.63, 3.8) is 0 Å². The van der Waals surface area contributed by atoms with Crippen LogP contribution < -0.4 is 21.3 Å². The third-order valence-electron chi connectivity index (χ3n) is 5.22. The molecule has 1 fully saturated rings. The number of amides is 1. The fraction of sp³-hybridized carbons (Fsp3) is 0.261. The third-order valence-corrected chi connectivity index (χ3v) is 5.22. The van der Waals surface area contributed by atoms with Gasteiger partial charge in [0.05, 0.1) is 18.9 Å². The SMILES string of the molecule is Cc1cc(Nc2cc(NCc3cccc(F)c3)c(C(N)=O)nn2)ccc1N1CCOCC1. The fourth-order valence-electron chi connectivity index (χ4n) is 3.65. The molecule has 2 aromatic carbocycles. The van der Waals surface area contributed by atoms with Crippen LogP contribution in [0.2, 0.25) is 0 Å². The van der Waals surface area contributed by atoms with Gasteiger partial charge in [-0.05, 0) is 48.4 Å². The number of nitrogens with one attached hydrogen (secondary N) is 2. The molecule has 9 heteroatoms. The van der Waals surface area contributed by atoms with Crippen LogP contribution in [0.4, 0.5) is 27.3 Å². The van der Waals surface area contributed by atoms with Crippen molar-refractivity contribution in [2.45, 2.75) is 13.5 Å². The summed E-state index contributed by atoms with van der Waals surface area (Å²) in [5.74, 6) is -0.572. The Morgan fingerprint density at radius 2 is 1.97 bits per heavy atom. The van der Waals surface area contributed by atoms with E-state index in [1.165, 1.54) is 17.8 Å².